The van der Waals surface area contributed by atoms with Gasteiger partial charge in [-0.1, -0.05) is 24.3 Å². The molecule has 0 bridgehead atoms. The van der Waals surface area contributed by atoms with Crippen LogP contribution in [0.4, 0.5) is 5.69 Å². The Bertz CT molecular complexity index is 885. The van der Waals surface area contributed by atoms with Gasteiger partial charge in [-0.25, -0.2) is 0 Å². The molecule has 1 amide bonds. The Kier molecular flexibility index (Phi) is 4.65. The molecule has 0 fully saturated rings. The Hall–Kier alpha value is -3.35. The van der Waals surface area contributed by atoms with Gasteiger partial charge in [-0.05, 0) is 25.1 Å². The van der Waals surface area contributed by atoms with E-state index in [4.69, 9.17) is 9.15 Å². The normalized spacial score (nSPS) is 11.9. The highest BCUT2D eigenvalue weighted by molar-refractivity contribution is 5.79. The van der Waals surface area contributed by atoms with Crippen molar-refractivity contribution in [3.05, 3.63) is 70.5 Å². The Balaban J connectivity index is 1.58. The first-order valence-electron chi connectivity index (χ1n) is 7.68. The number of hydrogen-bond donors (Lipinski definition) is 1. The second kappa shape index (κ2) is 7.04. The number of non-ortho nitro benzene ring substituents is 1. The molecule has 1 heterocycles. The number of carbonyl (C=O) groups excluding carboxylic acids is 1. The molecule has 0 radical (unpaired) electrons. The lowest BCUT2D eigenvalue weighted by Gasteiger charge is -2.12. The van der Waals surface area contributed by atoms with Gasteiger partial charge in [0.25, 0.3) is 11.6 Å². The van der Waals surface area contributed by atoms with Gasteiger partial charge in [0.05, 0.1) is 17.0 Å². The third-order valence-electron chi connectivity index (χ3n) is 3.65. The standard InChI is InChI=1S/C18H16N2O5/c1-12(17-9-13-5-2-3-8-16(13)25-17)19-18(21)11-24-15-7-4-6-14(10-15)20(22)23/h2-10,12H,11H2,1H3,(H,19,21)/t12-/m0/s1. The maximum atomic E-state index is 12.0. The largest absolute Gasteiger partial charge is 0.484 e. The lowest BCUT2D eigenvalue weighted by Crippen LogP contribution is -2.31. The summed E-state index contributed by atoms with van der Waals surface area (Å²) in [7, 11) is 0. The summed E-state index contributed by atoms with van der Waals surface area (Å²) < 4.78 is 11.0. The van der Waals surface area contributed by atoms with E-state index < -0.39 is 4.92 Å². The summed E-state index contributed by atoms with van der Waals surface area (Å²) in [5.74, 6) is 0.560. The highest BCUT2D eigenvalue weighted by atomic mass is 16.6. The molecule has 25 heavy (non-hydrogen) atoms. The van der Waals surface area contributed by atoms with Crippen LogP contribution in [0.2, 0.25) is 0 Å². The van der Waals surface area contributed by atoms with Crippen LogP contribution >= 0.6 is 0 Å². The van der Waals surface area contributed by atoms with Gasteiger partial charge in [0.2, 0.25) is 0 Å². The Morgan fingerprint density at radius 1 is 1.24 bits per heavy atom. The first kappa shape index (κ1) is 16.5. The number of nitrogens with zero attached hydrogens (tertiary/aromatic N) is 1. The topological polar surface area (TPSA) is 94.6 Å². The maximum absolute atomic E-state index is 12.0. The molecule has 0 saturated heterocycles. The van der Waals surface area contributed by atoms with E-state index >= 15 is 0 Å². The van der Waals surface area contributed by atoms with Gasteiger partial charge >= 0.3 is 0 Å². The van der Waals surface area contributed by atoms with Crippen molar-refractivity contribution < 1.29 is 18.9 Å². The lowest BCUT2D eigenvalue weighted by molar-refractivity contribution is -0.384. The van der Waals surface area contributed by atoms with Crippen molar-refractivity contribution in [1.29, 1.82) is 0 Å². The number of hydrogen-bond acceptors (Lipinski definition) is 5. The number of carbonyl (C=O) groups is 1. The van der Waals surface area contributed by atoms with E-state index in [1.54, 1.807) is 6.07 Å². The van der Waals surface area contributed by atoms with E-state index in [1.807, 2.05) is 37.3 Å². The van der Waals surface area contributed by atoms with Crippen molar-refractivity contribution in [2.45, 2.75) is 13.0 Å². The first-order valence-corrected chi connectivity index (χ1v) is 7.68. The molecule has 1 aromatic heterocycles. The van der Waals surface area contributed by atoms with E-state index in [0.29, 0.717) is 5.76 Å². The van der Waals surface area contributed by atoms with Gasteiger partial charge in [-0.2, -0.15) is 0 Å². The minimum atomic E-state index is -0.517. The van der Waals surface area contributed by atoms with Crippen molar-refractivity contribution >= 4 is 22.6 Å². The molecule has 7 heteroatoms. The van der Waals surface area contributed by atoms with Crippen molar-refractivity contribution in [1.82, 2.24) is 5.32 Å². The summed E-state index contributed by atoms with van der Waals surface area (Å²) in [6.07, 6.45) is 0. The fraction of sp³-hybridized carbons (Fsp3) is 0.167. The summed E-state index contributed by atoms with van der Waals surface area (Å²) in [4.78, 5) is 22.2. The molecule has 128 valence electrons. The van der Waals surface area contributed by atoms with Crippen molar-refractivity contribution in [2.24, 2.45) is 0 Å². The molecule has 0 aliphatic carbocycles. The van der Waals surface area contributed by atoms with E-state index in [9.17, 15) is 14.9 Å². The Morgan fingerprint density at radius 2 is 2.04 bits per heavy atom. The number of ether oxygens (including phenoxy) is 1. The molecule has 3 rings (SSSR count). The zero-order chi connectivity index (χ0) is 17.8. The quantitative estimate of drug-likeness (QED) is 0.546. The van der Waals surface area contributed by atoms with E-state index in [2.05, 4.69) is 5.32 Å². The second-order valence-corrected chi connectivity index (χ2v) is 5.52. The van der Waals surface area contributed by atoms with Gasteiger partial charge in [0.15, 0.2) is 6.61 Å². The fourth-order valence-corrected chi connectivity index (χ4v) is 2.41. The third-order valence-corrected chi connectivity index (χ3v) is 3.65. The third kappa shape index (κ3) is 3.95. The van der Waals surface area contributed by atoms with Crippen LogP contribution in [0.25, 0.3) is 11.0 Å². The number of benzene rings is 2. The highest BCUT2D eigenvalue weighted by Gasteiger charge is 2.15. The van der Waals surface area contributed by atoms with Gasteiger partial charge in [-0.15, -0.1) is 0 Å². The molecule has 7 nitrogen and oxygen atoms in total. The zero-order valence-corrected chi connectivity index (χ0v) is 13.5. The number of nitrogens with one attached hydrogen (secondary N) is 1. The summed E-state index contributed by atoms with van der Waals surface area (Å²) >= 11 is 0. The van der Waals surface area contributed by atoms with Crippen LogP contribution in [0.1, 0.15) is 18.7 Å². The molecule has 2 aromatic carbocycles. The number of furan rings is 1. The van der Waals surface area contributed by atoms with Crippen LogP contribution in [0.15, 0.2) is 59.0 Å². The van der Waals surface area contributed by atoms with Crippen molar-refractivity contribution in [3.8, 4) is 5.75 Å². The highest BCUT2D eigenvalue weighted by Crippen LogP contribution is 2.23. The average Bonchev–Trinajstić information content (AvgIpc) is 3.04. The van der Waals surface area contributed by atoms with E-state index in [-0.39, 0.29) is 30.0 Å². The van der Waals surface area contributed by atoms with Gasteiger partial charge in [0, 0.05) is 11.5 Å². The molecule has 3 aromatic rings. The van der Waals surface area contributed by atoms with E-state index in [1.165, 1.54) is 18.2 Å². The van der Waals surface area contributed by atoms with Crippen LogP contribution in [-0.4, -0.2) is 17.4 Å². The van der Waals surface area contributed by atoms with Crippen LogP contribution in [-0.2, 0) is 4.79 Å². The van der Waals surface area contributed by atoms with Gasteiger partial charge in [0.1, 0.15) is 17.1 Å². The number of amides is 1. The second-order valence-electron chi connectivity index (χ2n) is 5.52. The molecule has 0 aliphatic rings. The van der Waals surface area contributed by atoms with Crippen molar-refractivity contribution in [2.75, 3.05) is 6.61 Å². The Morgan fingerprint density at radius 3 is 2.80 bits per heavy atom. The summed E-state index contributed by atoms with van der Waals surface area (Å²) in [5, 5.41) is 14.5. The number of nitro groups is 1. The summed E-state index contributed by atoms with van der Waals surface area (Å²) in [6.45, 7) is 1.56. The maximum Gasteiger partial charge on any atom is 0.273 e. The lowest BCUT2D eigenvalue weighted by atomic mass is 10.2. The minimum absolute atomic E-state index is 0.0893. The molecule has 0 saturated carbocycles. The smallest absolute Gasteiger partial charge is 0.273 e. The number of nitro benzene ring substituents is 1. The summed E-state index contributed by atoms with van der Waals surface area (Å²) in [6, 6.07) is 14.8. The van der Waals surface area contributed by atoms with Gasteiger partial charge < -0.3 is 14.5 Å². The summed E-state index contributed by atoms with van der Waals surface area (Å²) in [5.41, 5.74) is 0.667. The van der Waals surface area contributed by atoms with Crippen LogP contribution in [0.5, 0.6) is 5.75 Å². The molecule has 1 atom stereocenters. The molecule has 0 aliphatic heterocycles. The fourth-order valence-electron chi connectivity index (χ4n) is 2.41. The van der Waals surface area contributed by atoms with Crippen molar-refractivity contribution in [3.63, 3.8) is 0 Å². The van der Waals surface area contributed by atoms with E-state index in [0.717, 1.165) is 11.0 Å². The molecule has 0 unspecified atom stereocenters. The predicted octanol–water partition coefficient (Wildman–Crippen LogP) is 3.60. The van der Waals surface area contributed by atoms with Crippen LogP contribution in [0.3, 0.4) is 0 Å². The zero-order valence-electron chi connectivity index (χ0n) is 13.5. The van der Waals surface area contributed by atoms with Crippen LogP contribution in [0, 0.1) is 10.1 Å². The SMILES string of the molecule is C[C@H](NC(=O)COc1cccc([N+](=O)[O-])c1)c1cc2ccccc2o1. The number of rotatable bonds is 6. The average molecular weight is 340 g/mol. The monoisotopic (exact) mass is 340 g/mol. The minimum Gasteiger partial charge on any atom is -0.484 e. The Labute approximate surface area is 143 Å². The van der Waals surface area contributed by atoms with Crippen LogP contribution < -0.4 is 10.1 Å². The first-order chi connectivity index (χ1) is 12.0. The number of para-hydroxylation sites is 1. The molecular weight excluding hydrogens is 324 g/mol. The predicted molar refractivity (Wildman–Crippen MR) is 91.4 cm³/mol. The number of fused-ring (bicyclic) bond motifs is 1. The van der Waals surface area contributed by atoms with Gasteiger partial charge in [-0.3, -0.25) is 14.9 Å². The molecule has 1 N–H and O–H groups in total. The molecule has 0 spiro atoms. The molecular formula is C18H16N2O5.